The Morgan fingerprint density at radius 3 is 1.25 bits per heavy atom. The molecule has 0 unspecified atom stereocenters. The number of carbonyl (C=O) groups excluding carboxylic acids is 2. The van der Waals surface area contributed by atoms with E-state index < -0.39 is 64.9 Å². The molecular formula is C48H52F3N7O8S2. The van der Waals surface area contributed by atoms with Crippen LogP contribution in [0.15, 0.2) is 82.8 Å². The molecule has 0 bridgehead atoms. The van der Waals surface area contributed by atoms with Crippen molar-refractivity contribution >= 4 is 37.7 Å². The Morgan fingerprint density at radius 1 is 0.529 bits per heavy atom. The number of nitrogens with two attached hydrogens (primary N) is 1. The van der Waals surface area contributed by atoms with Gasteiger partial charge in [-0.25, -0.2) is 38.2 Å². The van der Waals surface area contributed by atoms with Crippen LogP contribution in [0.2, 0.25) is 0 Å². The lowest BCUT2D eigenvalue weighted by Gasteiger charge is -2.21. The molecular weight excluding hydrogens is 924 g/mol. The SMILES string of the molecule is Cc1cc(C)c(Oc2nc(C(C)(C)C)ccc2C(=O)NS(=O)(=O)c2nc(F)ccc2F)c(C)c1.Cc1cc(C)c(Oc2nc(C(C)(C)C)ccc2C(=O)NS(=O)(=O)c2nc(N)ccc2F)c(C)c1. The fourth-order valence-corrected chi connectivity index (χ4v) is 8.72. The van der Waals surface area contributed by atoms with Crippen molar-refractivity contribution < 1.29 is 49.1 Å². The summed E-state index contributed by atoms with van der Waals surface area (Å²) in [6, 6.07) is 16.9. The van der Waals surface area contributed by atoms with Gasteiger partial charge in [0.1, 0.15) is 28.4 Å². The first-order chi connectivity index (χ1) is 31.4. The van der Waals surface area contributed by atoms with E-state index in [1.165, 1.54) is 12.1 Å². The molecule has 0 atom stereocenters. The van der Waals surface area contributed by atoms with Gasteiger partial charge in [-0.1, -0.05) is 76.9 Å². The van der Waals surface area contributed by atoms with Gasteiger partial charge < -0.3 is 15.2 Å². The predicted molar refractivity (Wildman–Crippen MR) is 249 cm³/mol. The van der Waals surface area contributed by atoms with Crippen LogP contribution in [0.5, 0.6) is 23.3 Å². The average Bonchev–Trinajstić information content (AvgIpc) is 3.21. The lowest BCUT2D eigenvalue weighted by Crippen LogP contribution is -2.32. The molecule has 360 valence electrons. The molecule has 15 nitrogen and oxygen atoms in total. The zero-order chi connectivity index (χ0) is 50.8. The molecule has 2 aromatic carbocycles. The number of nitrogens with zero attached hydrogens (tertiary/aromatic N) is 4. The van der Waals surface area contributed by atoms with Crippen LogP contribution in [-0.4, -0.2) is 48.6 Å². The number of hydrogen-bond acceptors (Lipinski definition) is 13. The molecule has 6 aromatic rings. The van der Waals surface area contributed by atoms with Gasteiger partial charge in [-0.2, -0.15) is 21.2 Å². The highest BCUT2D eigenvalue weighted by molar-refractivity contribution is 7.90. The van der Waals surface area contributed by atoms with Gasteiger partial charge in [0.2, 0.25) is 27.8 Å². The summed E-state index contributed by atoms with van der Waals surface area (Å²) in [7, 11) is -9.48. The van der Waals surface area contributed by atoms with Crippen LogP contribution >= 0.6 is 0 Å². The number of aromatic nitrogens is 4. The molecule has 2 amide bonds. The van der Waals surface area contributed by atoms with Gasteiger partial charge in [0.25, 0.3) is 31.9 Å². The van der Waals surface area contributed by atoms with Crippen molar-refractivity contribution in [3.05, 3.63) is 146 Å². The largest absolute Gasteiger partial charge is 0.438 e. The van der Waals surface area contributed by atoms with E-state index in [9.17, 15) is 39.6 Å². The minimum Gasteiger partial charge on any atom is -0.438 e. The van der Waals surface area contributed by atoms with E-state index in [1.54, 1.807) is 16.9 Å². The molecule has 0 radical (unpaired) electrons. The minimum atomic E-state index is -4.82. The average molecular weight is 976 g/mol. The van der Waals surface area contributed by atoms with Crippen molar-refractivity contribution in [3.63, 3.8) is 0 Å². The molecule has 0 fully saturated rings. The number of sulfonamides is 2. The first kappa shape index (κ1) is 52.0. The summed E-state index contributed by atoms with van der Waals surface area (Å²) in [5.41, 5.74) is 10.9. The van der Waals surface area contributed by atoms with Crippen LogP contribution in [0.25, 0.3) is 0 Å². The van der Waals surface area contributed by atoms with Gasteiger partial charge in [-0.05, 0) is 112 Å². The van der Waals surface area contributed by atoms with Gasteiger partial charge in [0.05, 0.1) is 0 Å². The predicted octanol–water partition coefficient (Wildman–Crippen LogP) is 9.22. The summed E-state index contributed by atoms with van der Waals surface area (Å²) in [4.78, 5) is 41.6. The van der Waals surface area contributed by atoms with E-state index in [4.69, 9.17) is 15.2 Å². The molecule has 4 N–H and O–H groups in total. The number of aryl methyl sites for hydroxylation is 6. The van der Waals surface area contributed by atoms with Crippen LogP contribution < -0.4 is 24.7 Å². The lowest BCUT2D eigenvalue weighted by molar-refractivity contribution is 0.0968. The Morgan fingerprint density at radius 2 is 0.882 bits per heavy atom. The fourth-order valence-electron chi connectivity index (χ4n) is 6.73. The molecule has 0 saturated heterocycles. The number of benzene rings is 2. The third-order valence-electron chi connectivity index (χ3n) is 9.93. The Kier molecular flexibility index (Phi) is 15.1. The number of hydrogen-bond donors (Lipinski definition) is 3. The van der Waals surface area contributed by atoms with E-state index in [0.717, 1.165) is 45.5 Å². The molecule has 0 spiro atoms. The molecule has 0 aliphatic heterocycles. The first-order valence-corrected chi connectivity index (χ1v) is 23.8. The maximum Gasteiger partial charge on any atom is 0.284 e. The second-order valence-corrected chi connectivity index (χ2v) is 21.3. The number of anilines is 1. The van der Waals surface area contributed by atoms with Crippen molar-refractivity contribution in [2.75, 3.05) is 5.73 Å². The van der Waals surface area contributed by atoms with Crippen LogP contribution in [0.4, 0.5) is 19.0 Å². The van der Waals surface area contributed by atoms with E-state index >= 15 is 0 Å². The number of pyridine rings is 4. The van der Waals surface area contributed by atoms with Gasteiger partial charge in [0, 0.05) is 22.2 Å². The van der Waals surface area contributed by atoms with Gasteiger partial charge in [0.15, 0.2) is 11.6 Å². The Labute approximate surface area is 393 Å². The third kappa shape index (κ3) is 12.3. The van der Waals surface area contributed by atoms with Crippen LogP contribution in [0, 0.1) is 59.1 Å². The van der Waals surface area contributed by atoms with E-state index in [2.05, 4.69) is 19.9 Å². The zero-order valence-corrected chi connectivity index (χ0v) is 41.1. The third-order valence-corrected chi connectivity index (χ3v) is 12.4. The van der Waals surface area contributed by atoms with Crippen molar-refractivity contribution in [2.24, 2.45) is 0 Å². The van der Waals surface area contributed by atoms with Crippen molar-refractivity contribution in [1.29, 1.82) is 0 Å². The second kappa shape index (κ2) is 19.7. The first-order valence-electron chi connectivity index (χ1n) is 20.8. The summed E-state index contributed by atoms with van der Waals surface area (Å²) in [5.74, 6) is -5.25. The number of nitrogen functional groups attached to an aromatic ring is 1. The number of halogens is 3. The van der Waals surface area contributed by atoms with E-state index in [1.807, 2.05) is 112 Å². The minimum absolute atomic E-state index is 0.0730. The normalized spacial score (nSPS) is 11.9. The molecule has 4 aromatic heterocycles. The summed E-state index contributed by atoms with van der Waals surface area (Å²) in [6.45, 7) is 22.9. The maximum atomic E-state index is 14.1. The highest BCUT2D eigenvalue weighted by atomic mass is 32.2. The van der Waals surface area contributed by atoms with Crippen molar-refractivity contribution in [3.8, 4) is 23.3 Å². The number of nitrogens with one attached hydrogen (secondary N) is 2. The van der Waals surface area contributed by atoms with Gasteiger partial charge in [-0.15, -0.1) is 0 Å². The van der Waals surface area contributed by atoms with Crippen LogP contribution in [-0.2, 0) is 30.9 Å². The van der Waals surface area contributed by atoms with Crippen LogP contribution in [0.3, 0.4) is 0 Å². The highest BCUT2D eigenvalue weighted by Gasteiger charge is 2.30. The number of amides is 2. The van der Waals surface area contributed by atoms with Gasteiger partial charge in [-0.3, -0.25) is 9.59 Å². The zero-order valence-electron chi connectivity index (χ0n) is 39.5. The summed E-state index contributed by atoms with van der Waals surface area (Å²) >= 11 is 0. The Bertz CT molecular complexity index is 2930. The Hall–Kier alpha value is -6.93. The van der Waals surface area contributed by atoms with E-state index in [0.29, 0.717) is 35.0 Å². The summed E-state index contributed by atoms with van der Waals surface area (Å²) < 4.78 is 108. The molecule has 0 aliphatic rings. The molecule has 20 heteroatoms. The van der Waals surface area contributed by atoms with Gasteiger partial charge >= 0.3 is 0 Å². The molecule has 0 aliphatic carbocycles. The molecule has 6 rings (SSSR count). The topological polar surface area (TPSA) is 223 Å². The number of rotatable bonds is 10. The quantitative estimate of drug-likeness (QED) is 0.109. The van der Waals surface area contributed by atoms with Crippen LogP contribution in [0.1, 0.15) is 107 Å². The van der Waals surface area contributed by atoms with Crippen molar-refractivity contribution in [1.82, 2.24) is 29.4 Å². The monoisotopic (exact) mass is 975 g/mol. The standard InChI is InChI=1S/C24H25F2N3O4S.C24H27FN4O4S/c2*1-13-11-14(2)20(15(3)12-13)33-22-16(7-9-18(27-22)24(4,5)6)21(30)29-34(31,32)23-17(25)8-10-19(26)28-23/h7-12H,1-6H3,(H,29,30);7-12H,1-6H3,(H2,26,28)(H,29,30). The Balaban J connectivity index is 0.000000254. The molecule has 68 heavy (non-hydrogen) atoms. The highest BCUT2D eigenvalue weighted by Crippen LogP contribution is 2.35. The number of carbonyl (C=O) groups is 2. The summed E-state index contributed by atoms with van der Waals surface area (Å²) in [5, 5.41) is -2.21. The second-order valence-electron chi connectivity index (χ2n) is 18.1. The maximum absolute atomic E-state index is 14.1. The van der Waals surface area contributed by atoms with E-state index in [-0.39, 0.29) is 34.1 Å². The fraction of sp³-hybridized carbons (Fsp3) is 0.292. The molecule has 4 heterocycles. The molecule has 0 saturated carbocycles. The van der Waals surface area contributed by atoms with Crippen molar-refractivity contribution in [2.45, 2.75) is 104 Å². The summed E-state index contributed by atoms with van der Waals surface area (Å²) in [6.07, 6.45) is 0. The lowest BCUT2D eigenvalue weighted by atomic mass is 9.91. The smallest absolute Gasteiger partial charge is 0.284 e. The number of ether oxygens (including phenoxy) is 2.